The number of aromatic nitrogens is 2. The molecule has 0 radical (unpaired) electrons. The maximum atomic E-state index is 12.2. The summed E-state index contributed by atoms with van der Waals surface area (Å²) in [6, 6.07) is 6.92. The van der Waals surface area contributed by atoms with Crippen LogP contribution >= 0.6 is 0 Å². The molecule has 1 heterocycles. The smallest absolute Gasteiger partial charge is 0.251 e. The summed E-state index contributed by atoms with van der Waals surface area (Å²) in [6.07, 6.45) is 0. The topological polar surface area (TPSA) is 88.2 Å². The first-order valence-electron chi connectivity index (χ1n) is 6.83. The Labute approximate surface area is 123 Å². The van der Waals surface area contributed by atoms with Crippen molar-refractivity contribution in [3.63, 3.8) is 0 Å². The number of carbonyl (C=O) groups excluding carboxylic acids is 1. The van der Waals surface area contributed by atoms with Crippen LogP contribution in [0.15, 0.2) is 28.8 Å². The lowest BCUT2D eigenvalue weighted by Crippen LogP contribution is -2.38. The van der Waals surface area contributed by atoms with Gasteiger partial charge in [0.2, 0.25) is 11.7 Å². The predicted molar refractivity (Wildman–Crippen MR) is 77.6 cm³/mol. The van der Waals surface area contributed by atoms with Gasteiger partial charge in [-0.1, -0.05) is 24.2 Å². The number of carbonyl (C=O) groups is 1. The zero-order valence-electron chi connectivity index (χ0n) is 12.3. The number of aliphatic hydroxyl groups excluding tert-OH is 1. The summed E-state index contributed by atoms with van der Waals surface area (Å²) in [4.78, 5) is 16.3. The molecule has 0 spiro atoms. The Kier molecular flexibility index (Phi) is 4.70. The molecule has 0 fully saturated rings. The van der Waals surface area contributed by atoms with E-state index in [2.05, 4.69) is 15.5 Å². The van der Waals surface area contributed by atoms with Crippen LogP contribution in [0.3, 0.4) is 0 Å². The number of nitrogens with zero attached hydrogens (tertiary/aromatic N) is 2. The number of hydrogen-bond donors (Lipinski definition) is 2. The number of amides is 1. The Morgan fingerprint density at radius 3 is 2.81 bits per heavy atom. The SMILES string of the molecule is Cc1nc(-c2cccc(C(=O)N[C@H](C)[C@H](C)CO)c2)no1. The Morgan fingerprint density at radius 1 is 1.43 bits per heavy atom. The van der Waals surface area contributed by atoms with Crippen LogP contribution in [0.25, 0.3) is 11.4 Å². The zero-order chi connectivity index (χ0) is 15.4. The second-order valence-electron chi connectivity index (χ2n) is 5.14. The fourth-order valence-corrected chi connectivity index (χ4v) is 1.81. The van der Waals surface area contributed by atoms with E-state index in [1.165, 1.54) is 0 Å². The van der Waals surface area contributed by atoms with Crippen LogP contribution in [-0.2, 0) is 0 Å². The van der Waals surface area contributed by atoms with Gasteiger partial charge in [0.25, 0.3) is 5.91 Å². The molecular formula is C15H19N3O3. The molecule has 1 aromatic carbocycles. The Balaban J connectivity index is 2.15. The third-order valence-electron chi connectivity index (χ3n) is 3.41. The van der Waals surface area contributed by atoms with Crippen molar-refractivity contribution in [1.82, 2.24) is 15.5 Å². The summed E-state index contributed by atoms with van der Waals surface area (Å²) in [6.45, 7) is 5.49. The highest BCUT2D eigenvalue weighted by Gasteiger charge is 2.16. The number of rotatable bonds is 5. The largest absolute Gasteiger partial charge is 0.396 e. The van der Waals surface area contributed by atoms with Crippen molar-refractivity contribution < 1.29 is 14.4 Å². The Morgan fingerprint density at radius 2 is 2.19 bits per heavy atom. The number of aliphatic hydroxyl groups is 1. The molecule has 2 N–H and O–H groups in total. The van der Waals surface area contributed by atoms with Gasteiger partial charge in [0.15, 0.2) is 0 Å². The molecule has 112 valence electrons. The zero-order valence-corrected chi connectivity index (χ0v) is 12.3. The maximum absolute atomic E-state index is 12.2. The van der Waals surface area contributed by atoms with Crippen molar-refractivity contribution in [2.45, 2.75) is 26.8 Å². The highest BCUT2D eigenvalue weighted by Crippen LogP contribution is 2.17. The molecule has 0 aliphatic rings. The van der Waals surface area contributed by atoms with Gasteiger partial charge in [0, 0.05) is 30.7 Å². The highest BCUT2D eigenvalue weighted by molar-refractivity contribution is 5.95. The summed E-state index contributed by atoms with van der Waals surface area (Å²) in [7, 11) is 0. The van der Waals surface area contributed by atoms with Crippen LogP contribution in [0.1, 0.15) is 30.1 Å². The number of aryl methyl sites for hydroxylation is 1. The average Bonchev–Trinajstić information content (AvgIpc) is 2.93. The monoisotopic (exact) mass is 289 g/mol. The van der Waals surface area contributed by atoms with E-state index in [1.54, 1.807) is 25.1 Å². The molecule has 6 nitrogen and oxygen atoms in total. The minimum atomic E-state index is -0.190. The normalized spacial score (nSPS) is 13.7. The van der Waals surface area contributed by atoms with Crippen LogP contribution in [-0.4, -0.2) is 33.8 Å². The first-order valence-corrected chi connectivity index (χ1v) is 6.83. The molecule has 0 unspecified atom stereocenters. The van der Waals surface area contributed by atoms with Crippen molar-refractivity contribution >= 4 is 5.91 Å². The molecule has 0 aliphatic heterocycles. The third-order valence-corrected chi connectivity index (χ3v) is 3.41. The molecule has 2 aromatic rings. The van der Waals surface area contributed by atoms with Gasteiger partial charge in [-0.15, -0.1) is 0 Å². The second-order valence-corrected chi connectivity index (χ2v) is 5.14. The highest BCUT2D eigenvalue weighted by atomic mass is 16.5. The van der Waals surface area contributed by atoms with Crippen molar-refractivity contribution in [2.24, 2.45) is 5.92 Å². The fraction of sp³-hybridized carbons (Fsp3) is 0.400. The molecule has 1 aromatic heterocycles. The summed E-state index contributed by atoms with van der Waals surface area (Å²) in [5, 5.41) is 15.8. The fourth-order valence-electron chi connectivity index (χ4n) is 1.81. The van der Waals surface area contributed by atoms with Crippen LogP contribution in [0.4, 0.5) is 0 Å². The van der Waals surface area contributed by atoms with Crippen molar-refractivity contribution in [3.8, 4) is 11.4 Å². The lowest BCUT2D eigenvalue weighted by molar-refractivity contribution is 0.0916. The van der Waals surface area contributed by atoms with Gasteiger partial charge in [0.05, 0.1) is 0 Å². The van der Waals surface area contributed by atoms with Crippen LogP contribution in [0, 0.1) is 12.8 Å². The van der Waals surface area contributed by atoms with Crippen LogP contribution < -0.4 is 5.32 Å². The first-order chi connectivity index (χ1) is 10.0. The van der Waals surface area contributed by atoms with E-state index >= 15 is 0 Å². The standard InChI is InChI=1S/C15H19N3O3/c1-9(8-19)10(2)16-15(20)13-6-4-5-12(7-13)14-17-11(3)21-18-14/h4-7,9-10,19H,8H2,1-3H3,(H,16,20)/t9-,10-/m1/s1. The van der Waals surface area contributed by atoms with Gasteiger partial charge in [-0.25, -0.2) is 0 Å². The van der Waals surface area contributed by atoms with Crippen molar-refractivity contribution in [2.75, 3.05) is 6.61 Å². The molecule has 21 heavy (non-hydrogen) atoms. The minimum absolute atomic E-state index is 0.00279. The number of hydrogen-bond acceptors (Lipinski definition) is 5. The van der Waals surface area contributed by atoms with Gasteiger partial charge in [-0.05, 0) is 25.0 Å². The molecule has 1 amide bonds. The molecule has 0 bridgehead atoms. The number of benzene rings is 1. The van der Waals surface area contributed by atoms with Gasteiger partial charge < -0.3 is 14.9 Å². The van der Waals surface area contributed by atoms with E-state index in [4.69, 9.17) is 9.63 Å². The quantitative estimate of drug-likeness (QED) is 0.876. The van der Waals surface area contributed by atoms with Crippen molar-refractivity contribution in [3.05, 3.63) is 35.7 Å². The third kappa shape index (κ3) is 3.66. The van der Waals surface area contributed by atoms with Gasteiger partial charge >= 0.3 is 0 Å². The Bertz CT molecular complexity index is 624. The molecule has 0 saturated heterocycles. The van der Waals surface area contributed by atoms with E-state index in [1.807, 2.05) is 19.9 Å². The molecule has 2 rings (SSSR count). The second kappa shape index (κ2) is 6.49. The molecule has 6 heteroatoms. The summed E-state index contributed by atoms with van der Waals surface area (Å²) >= 11 is 0. The van der Waals surface area contributed by atoms with Crippen LogP contribution in [0.2, 0.25) is 0 Å². The average molecular weight is 289 g/mol. The first kappa shape index (κ1) is 15.2. The summed E-state index contributed by atoms with van der Waals surface area (Å²) in [5.74, 6) is 0.742. The molecule has 2 atom stereocenters. The van der Waals surface area contributed by atoms with Gasteiger partial charge in [-0.3, -0.25) is 4.79 Å². The minimum Gasteiger partial charge on any atom is -0.396 e. The molecule has 0 saturated carbocycles. The maximum Gasteiger partial charge on any atom is 0.251 e. The number of nitrogens with one attached hydrogen (secondary N) is 1. The van der Waals surface area contributed by atoms with Gasteiger partial charge in [0.1, 0.15) is 0 Å². The van der Waals surface area contributed by atoms with E-state index < -0.39 is 0 Å². The van der Waals surface area contributed by atoms with E-state index in [0.717, 1.165) is 5.56 Å². The summed E-state index contributed by atoms with van der Waals surface area (Å²) in [5.41, 5.74) is 1.24. The van der Waals surface area contributed by atoms with E-state index in [-0.39, 0.29) is 24.5 Å². The summed E-state index contributed by atoms with van der Waals surface area (Å²) < 4.78 is 4.94. The predicted octanol–water partition coefficient (Wildman–Crippen LogP) is 1.79. The van der Waals surface area contributed by atoms with E-state index in [9.17, 15) is 4.79 Å². The van der Waals surface area contributed by atoms with Crippen molar-refractivity contribution in [1.29, 1.82) is 0 Å². The Hall–Kier alpha value is -2.21. The van der Waals surface area contributed by atoms with E-state index in [0.29, 0.717) is 17.3 Å². The van der Waals surface area contributed by atoms with Gasteiger partial charge in [-0.2, -0.15) is 4.98 Å². The van der Waals surface area contributed by atoms with Crippen LogP contribution in [0.5, 0.6) is 0 Å². The lowest BCUT2D eigenvalue weighted by Gasteiger charge is -2.19. The lowest BCUT2D eigenvalue weighted by atomic mass is 10.0. The molecular weight excluding hydrogens is 270 g/mol. The molecule has 0 aliphatic carbocycles.